The van der Waals surface area contributed by atoms with Crippen LogP contribution in [0.2, 0.25) is 0 Å². The van der Waals surface area contributed by atoms with Crippen LogP contribution in [0.3, 0.4) is 0 Å². The molecule has 6 N–H and O–H groups in total. The van der Waals surface area contributed by atoms with E-state index in [2.05, 4.69) is 0 Å². The molecule has 0 bridgehead atoms. The van der Waals surface area contributed by atoms with Gasteiger partial charge in [0, 0.05) is 0 Å². The van der Waals surface area contributed by atoms with Crippen LogP contribution in [0.5, 0.6) is 0 Å². The van der Waals surface area contributed by atoms with Gasteiger partial charge in [-0.1, -0.05) is 0 Å². The van der Waals surface area contributed by atoms with Gasteiger partial charge < -0.3 is 26.4 Å². The van der Waals surface area contributed by atoms with E-state index in [9.17, 15) is 5.11 Å². The van der Waals surface area contributed by atoms with Crippen molar-refractivity contribution >= 4 is 0 Å². The maximum absolute atomic E-state index is 9.30. The Labute approximate surface area is 64.9 Å². The molecule has 5 heteroatoms. The van der Waals surface area contributed by atoms with Crippen molar-refractivity contribution in [3.05, 3.63) is 0 Å². The Morgan fingerprint density at radius 1 is 1.18 bits per heavy atom. The lowest BCUT2D eigenvalue weighted by molar-refractivity contribution is -0.202. The first kappa shape index (κ1) is 8.89. The molecule has 5 nitrogen and oxygen atoms in total. The molecule has 1 fully saturated rings. The SMILES string of the molecule is C[C@H]1OC(O)[C@H](N)[C@@H](O)[C@@H]1N. The second-order valence-corrected chi connectivity index (χ2v) is 2.88. The Hall–Kier alpha value is -0.200. The average Bonchev–Trinajstić information content (AvgIpc) is 1.97. The standard InChI is InChI=1S/C6H14N2O3/c1-2-3(7)5(9)4(8)6(10)11-2/h2-6,9-10H,7-8H2,1H3/t2-,3-,4-,5+,6?/m1/s1. The molecule has 0 aromatic heterocycles. The Balaban J connectivity index is 2.63. The summed E-state index contributed by atoms with van der Waals surface area (Å²) >= 11 is 0. The van der Waals surface area contributed by atoms with Crippen LogP contribution < -0.4 is 11.5 Å². The summed E-state index contributed by atoms with van der Waals surface area (Å²) in [4.78, 5) is 0. The predicted octanol–water partition coefficient (Wildman–Crippen LogP) is -2.26. The summed E-state index contributed by atoms with van der Waals surface area (Å²) in [6.07, 6.45) is -2.37. The molecule has 5 atom stereocenters. The van der Waals surface area contributed by atoms with Crippen molar-refractivity contribution in [3.63, 3.8) is 0 Å². The van der Waals surface area contributed by atoms with Gasteiger partial charge in [0.1, 0.15) is 0 Å². The largest absolute Gasteiger partial charge is 0.390 e. The fraction of sp³-hybridized carbons (Fsp3) is 1.00. The summed E-state index contributed by atoms with van der Waals surface area (Å²) in [7, 11) is 0. The van der Waals surface area contributed by atoms with Crippen LogP contribution in [-0.4, -0.2) is 40.8 Å². The fourth-order valence-electron chi connectivity index (χ4n) is 1.10. The molecule has 0 saturated carbocycles. The van der Waals surface area contributed by atoms with Crippen molar-refractivity contribution in [2.24, 2.45) is 11.5 Å². The molecule has 66 valence electrons. The molecule has 11 heavy (non-hydrogen) atoms. The molecule has 1 rings (SSSR count). The zero-order chi connectivity index (χ0) is 8.59. The number of ether oxygens (including phenoxy) is 1. The summed E-state index contributed by atoms with van der Waals surface area (Å²) in [6, 6.07) is -1.32. The highest BCUT2D eigenvalue weighted by molar-refractivity contribution is 4.91. The molecule has 0 spiro atoms. The normalized spacial score (nSPS) is 52.6. The fourth-order valence-corrected chi connectivity index (χ4v) is 1.10. The summed E-state index contributed by atoms with van der Waals surface area (Å²) in [5.74, 6) is 0. The van der Waals surface area contributed by atoms with Gasteiger partial charge in [0.25, 0.3) is 0 Å². The van der Waals surface area contributed by atoms with E-state index in [4.69, 9.17) is 21.3 Å². The molecule has 1 aliphatic heterocycles. The lowest BCUT2D eigenvalue weighted by Gasteiger charge is -2.38. The summed E-state index contributed by atoms with van der Waals surface area (Å²) < 4.78 is 4.93. The first-order valence-electron chi connectivity index (χ1n) is 3.57. The van der Waals surface area contributed by atoms with E-state index in [0.29, 0.717) is 0 Å². The van der Waals surface area contributed by atoms with E-state index in [1.807, 2.05) is 0 Å². The van der Waals surface area contributed by atoms with Gasteiger partial charge in [-0.05, 0) is 6.92 Å². The molecule has 0 amide bonds. The molecule has 1 aliphatic rings. The third kappa shape index (κ3) is 1.52. The number of aliphatic hydroxyl groups excluding tert-OH is 2. The van der Waals surface area contributed by atoms with Crippen LogP contribution in [0.1, 0.15) is 6.92 Å². The molecule has 0 aromatic carbocycles. The van der Waals surface area contributed by atoms with E-state index in [-0.39, 0.29) is 6.10 Å². The van der Waals surface area contributed by atoms with Crippen molar-refractivity contribution in [2.45, 2.75) is 37.5 Å². The van der Waals surface area contributed by atoms with Gasteiger partial charge in [-0.3, -0.25) is 0 Å². The first-order valence-corrected chi connectivity index (χ1v) is 3.57. The van der Waals surface area contributed by atoms with Gasteiger partial charge >= 0.3 is 0 Å². The highest BCUT2D eigenvalue weighted by Gasteiger charge is 2.38. The van der Waals surface area contributed by atoms with Crippen LogP contribution in [0, 0.1) is 0 Å². The zero-order valence-corrected chi connectivity index (χ0v) is 6.34. The second-order valence-electron chi connectivity index (χ2n) is 2.88. The number of hydrogen-bond acceptors (Lipinski definition) is 5. The topological polar surface area (TPSA) is 102 Å². The first-order chi connectivity index (χ1) is 5.04. The average molecular weight is 162 g/mol. The molecule has 1 unspecified atom stereocenters. The number of aliphatic hydroxyl groups is 2. The Morgan fingerprint density at radius 3 is 2.27 bits per heavy atom. The predicted molar refractivity (Wildman–Crippen MR) is 38.5 cm³/mol. The molecular weight excluding hydrogens is 148 g/mol. The van der Waals surface area contributed by atoms with E-state index < -0.39 is 24.5 Å². The summed E-state index contributed by atoms with van der Waals surface area (Å²) in [6.45, 7) is 1.68. The third-order valence-electron chi connectivity index (χ3n) is 2.01. The Morgan fingerprint density at radius 2 is 1.73 bits per heavy atom. The molecule has 0 radical (unpaired) electrons. The van der Waals surface area contributed by atoms with Crippen LogP contribution in [0.4, 0.5) is 0 Å². The van der Waals surface area contributed by atoms with Crippen LogP contribution >= 0.6 is 0 Å². The Bertz CT molecular complexity index is 130. The molecule has 1 heterocycles. The number of rotatable bonds is 0. The zero-order valence-electron chi connectivity index (χ0n) is 6.34. The van der Waals surface area contributed by atoms with Crippen molar-refractivity contribution < 1.29 is 14.9 Å². The van der Waals surface area contributed by atoms with Gasteiger partial charge in [0.15, 0.2) is 6.29 Å². The van der Waals surface area contributed by atoms with Crippen molar-refractivity contribution in [2.75, 3.05) is 0 Å². The minimum Gasteiger partial charge on any atom is -0.390 e. The quantitative estimate of drug-likeness (QED) is 0.322. The van der Waals surface area contributed by atoms with Gasteiger partial charge in [0.05, 0.1) is 24.3 Å². The maximum Gasteiger partial charge on any atom is 0.172 e. The van der Waals surface area contributed by atoms with E-state index in [0.717, 1.165) is 0 Å². The van der Waals surface area contributed by atoms with E-state index >= 15 is 0 Å². The van der Waals surface area contributed by atoms with E-state index in [1.54, 1.807) is 6.92 Å². The van der Waals surface area contributed by atoms with Crippen molar-refractivity contribution in [1.82, 2.24) is 0 Å². The van der Waals surface area contributed by atoms with Crippen molar-refractivity contribution in [1.29, 1.82) is 0 Å². The minimum absolute atomic E-state index is 0.361. The summed E-state index contributed by atoms with van der Waals surface area (Å²) in [5.41, 5.74) is 10.9. The monoisotopic (exact) mass is 162 g/mol. The number of nitrogens with two attached hydrogens (primary N) is 2. The molecule has 1 saturated heterocycles. The minimum atomic E-state index is -1.11. The van der Waals surface area contributed by atoms with E-state index in [1.165, 1.54) is 0 Å². The molecular formula is C6H14N2O3. The lowest BCUT2D eigenvalue weighted by atomic mass is 9.97. The highest BCUT2D eigenvalue weighted by Crippen LogP contribution is 2.15. The summed E-state index contributed by atoms with van der Waals surface area (Å²) in [5, 5.41) is 18.4. The maximum atomic E-state index is 9.30. The molecule has 0 aliphatic carbocycles. The van der Waals surface area contributed by atoms with Gasteiger partial charge in [-0.25, -0.2) is 0 Å². The van der Waals surface area contributed by atoms with Gasteiger partial charge in [0.2, 0.25) is 0 Å². The van der Waals surface area contributed by atoms with Crippen LogP contribution in [0.15, 0.2) is 0 Å². The van der Waals surface area contributed by atoms with Crippen LogP contribution in [-0.2, 0) is 4.74 Å². The van der Waals surface area contributed by atoms with Gasteiger partial charge in [-0.15, -0.1) is 0 Å². The van der Waals surface area contributed by atoms with Gasteiger partial charge in [-0.2, -0.15) is 0 Å². The Kier molecular flexibility index (Phi) is 2.46. The van der Waals surface area contributed by atoms with Crippen LogP contribution in [0.25, 0.3) is 0 Å². The highest BCUT2D eigenvalue weighted by atomic mass is 16.6. The second kappa shape index (κ2) is 3.04. The number of hydrogen-bond donors (Lipinski definition) is 4. The van der Waals surface area contributed by atoms with Crippen molar-refractivity contribution in [3.8, 4) is 0 Å². The third-order valence-corrected chi connectivity index (χ3v) is 2.01. The lowest BCUT2D eigenvalue weighted by Crippen LogP contribution is -2.63. The molecule has 0 aromatic rings. The smallest absolute Gasteiger partial charge is 0.172 e.